The Bertz CT molecular complexity index is 521. The quantitative estimate of drug-likeness (QED) is 0.841. The SMILES string of the molecule is CCCn1nncc1C(N)CCc1ccc(OC)cc1. The van der Waals surface area contributed by atoms with Crippen molar-refractivity contribution in [2.45, 2.75) is 38.8 Å². The van der Waals surface area contributed by atoms with Gasteiger partial charge in [0.25, 0.3) is 0 Å². The molecule has 1 aromatic carbocycles. The first-order valence-corrected chi connectivity index (χ1v) is 7.01. The van der Waals surface area contributed by atoms with Crippen LogP contribution in [-0.4, -0.2) is 22.1 Å². The molecule has 2 aromatic rings. The fourth-order valence-corrected chi connectivity index (χ4v) is 2.20. The molecule has 1 aromatic heterocycles. The third kappa shape index (κ3) is 3.57. The van der Waals surface area contributed by atoms with Gasteiger partial charge in [-0.15, -0.1) is 5.10 Å². The topological polar surface area (TPSA) is 66.0 Å². The lowest BCUT2D eigenvalue weighted by Gasteiger charge is -2.13. The van der Waals surface area contributed by atoms with Crippen LogP contribution in [0.2, 0.25) is 0 Å². The maximum atomic E-state index is 6.25. The fraction of sp³-hybridized carbons (Fsp3) is 0.467. The number of methoxy groups -OCH3 is 1. The molecule has 0 amide bonds. The van der Waals surface area contributed by atoms with Crippen molar-refractivity contribution >= 4 is 0 Å². The first kappa shape index (κ1) is 14.5. The first-order valence-electron chi connectivity index (χ1n) is 7.01. The van der Waals surface area contributed by atoms with E-state index in [1.54, 1.807) is 13.3 Å². The number of ether oxygens (including phenoxy) is 1. The maximum absolute atomic E-state index is 6.25. The van der Waals surface area contributed by atoms with Gasteiger partial charge in [-0.1, -0.05) is 24.3 Å². The molecular weight excluding hydrogens is 252 g/mol. The summed E-state index contributed by atoms with van der Waals surface area (Å²) in [4.78, 5) is 0. The molecule has 0 bridgehead atoms. The number of nitrogens with two attached hydrogens (primary N) is 1. The third-order valence-corrected chi connectivity index (χ3v) is 3.37. The van der Waals surface area contributed by atoms with Crippen molar-refractivity contribution in [1.82, 2.24) is 15.0 Å². The predicted molar refractivity (Wildman–Crippen MR) is 78.6 cm³/mol. The van der Waals surface area contributed by atoms with Crippen LogP contribution in [0.3, 0.4) is 0 Å². The summed E-state index contributed by atoms with van der Waals surface area (Å²) < 4.78 is 7.05. The van der Waals surface area contributed by atoms with E-state index in [0.29, 0.717) is 0 Å². The number of hydrogen-bond acceptors (Lipinski definition) is 4. The molecule has 2 N–H and O–H groups in total. The van der Waals surface area contributed by atoms with E-state index in [-0.39, 0.29) is 6.04 Å². The zero-order chi connectivity index (χ0) is 14.4. The smallest absolute Gasteiger partial charge is 0.118 e. The maximum Gasteiger partial charge on any atom is 0.118 e. The Morgan fingerprint density at radius 3 is 2.70 bits per heavy atom. The van der Waals surface area contributed by atoms with E-state index in [9.17, 15) is 0 Å². The van der Waals surface area contributed by atoms with Crippen LogP contribution in [0.5, 0.6) is 5.75 Å². The van der Waals surface area contributed by atoms with Crippen LogP contribution in [0.25, 0.3) is 0 Å². The first-order chi connectivity index (χ1) is 9.74. The van der Waals surface area contributed by atoms with E-state index in [4.69, 9.17) is 10.5 Å². The third-order valence-electron chi connectivity index (χ3n) is 3.37. The predicted octanol–water partition coefficient (Wildman–Crippen LogP) is 2.33. The van der Waals surface area contributed by atoms with E-state index in [1.165, 1.54) is 5.56 Å². The molecule has 1 unspecified atom stereocenters. The molecule has 0 radical (unpaired) electrons. The van der Waals surface area contributed by atoms with Gasteiger partial charge in [-0.2, -0.15) is 0 Å². The van der Waals surface area contributed by atoms with Crippen molar-refractivity contribution in [1.29, 1.82) is 0 Å². The Balaban J connectivity index is 1.93. The molecule has 108 valence electrons. The highest BCUT2D eigenvalue weighted by atomic mass is 16.5. The van der Waals surface area contributed by atoms with Crippen molar-refractivity contribution in [2.24, 2.45) is 5.73 Å². The lowest BCUT2D eigenvalue weighted by molar-refractivity contribution is 0.414. The molecule has 20 heavy (non-hydrogen) atoms. The van der Waals surface area contributed by atoms with Gasteiger partial charge in [-0.25, -0.2) is 4.68 Å². The van der Waals surface area contributed by atoms with Crippen molar-refractivity contribution in [2.75, 3.05) is 7.11 Å². The van der Waals surface area contributed by atoms with Gasteiger partial charge in [0.1, 0.15) is 5.75 Å². The average molecular weight is 274 g/mol. The number of hydrogen-bond donors (Lipinski definition) is 1. The summed E-state index contributed by atoms with van der Waals surface area (Å²) in [5.74, 6) is 0.878. The Morgan fingerprint density at radius 1 is 1.30 bits per heavy atom. The number of nitrogens with zero attached hydrogens (tertiary/aromatic N) is 3. The molecule has 1 atom stereocenters. The van der Waals surface area contributed by atoms with Crippen molar-refractivity contribution in [3.8, 4) is 5.75 Å². The van der Waals surface area contributed by atoms with Crippen LogP contribution in [-0.2, 0) is 13.0 Å². The van der Waals surface area contributed by atoms with Crippen molar-refractivity contribution in [3.63, 3.8) is 0 Å². The normalized spacial score (nSPS) is 12.3. The minimum atomic E-state index is -0.0290. The van der Waals surface area contributed by atoms with E-state index in [0.717, 1.165) is 37.3 Å². The molecule has 0 spiro atoms. The molecule has 0 fully saturated rings. The highest BCUT2D eigenvalue weighted by molar-refractivity contribution is 5.27. The molecule has 0 aliphatic heterocycles. The van der Waals surface area contributed by atoms with E-state index < -0.39 is 0 Å². The summed E-state index contributed by atoms with van der Waals surface area (Å²) >= 11 is 0. The second-order valence-corrected chi connectivity index (χ2v) is 4.88. The molecule has 2 rings (SSSR count). The lowest BCUT2D eigenvalue weighted by Crippen LogP contribution is -2.17. The van der Waals surface area contributed by atoms with Crippen molar-refractivity contribution < 1.29 is 4.74 Å². The Hall–Kier alpha value is -1.88. The standard InChI is InChI=1S/C15H22N4O/c1-3-10-19-15(11-17-18-19)14(16)9-6-12-4-7-13(20-2)8-5-12/h4-5,7-8,11,14H,3,6,9-10,16H2,1-2H3. The van der Waals surface area contributed by atoms with Crippen LogP contribution in [0.4, 0.5) is 0 Å². The minimum absolute atomic E-state index is 0.0290. The van der Waals surface area contributed by atoms with E-state index in [2.05, 4.69) is 29.4 Å². The largest absolute Gasteiger partial charge is 0.497 e. The van der Waals surface area contributed by atoms with E-state index >= 15 is 0 Å². The molecule has 0 aliphatic rings. The van der Waals surface area contributed by atoms with Crippen molar-refractivity contribution in [3.05, 3.63) is 41.7 Å². The molecular formula is C15H22N4O. The highest BCUT2D eigenvalue weighted by Crippen LogP contribution is 2.18. The van der Waals surface area contributed by atoms with Gasteiger partial charge >= 0.3 is 0 Å². The second-order valence-electron chi connectivity index (χ2n) is 4.88. The average Bonchev–Trinajstić information content (AvgIpc) is 2.94. The molecule has 0 saturated carbocycles. The van der Waals surface area contributed by atoms with Crippen LogP contribution in [0, 0.1) is 0 Å². The summed E-state index contributed by atoms with van der Waals surface area (Å²) in [5.41, 5.74) is 8.52. The van der Waals surface area contributed by atoms with Gasteiger partial charge in [-0.3, -0.25) is 0 Å². The van der Waals surface area contributed by atoms with E-state index in [1.807, 2.05) is 16.8 Å². The number of aromatic nitrogens is 3. The van der Waals surface area contributed by atoms with Gasteiger partial charge < -0.3 is 10.5 Å². The summed E-state index contributed by atoms with van der Waals surface area (Å²) in [6, 6.07) is 8.08. The van der Waals surface area contributed by atoms with Crippen LogP contribution in [0.15, 0.2) is 30.5 Å². The monoisotopic (exact) mass is 274 g/mol. The zero-order valence-corrected chi connectivity index (χ0v) is 12.1. The number of aryl methyl sites for hydroxylation is 2. The van der Waals surface area contributed by atoms with Crippen LogP contribution >= 0.6 is 0 Å². The minimum Gasteiger partial charge on any atom is -0.497 e. The fourth-order valence-electron chi connectivity index (χ4n) is 2.20. The van der Waals surface area contributed by atoms with Crippen LogP contribution in [0.1, 0.15) is 37.1 Å². The molecule has 0 saturated heterocycles. The van der Waals surface area contributed by atoms with Gasteiger partial charge in [0.05, 0.1) is 19.0 Å². The molecule has 1 heterocycles. The molecule has 5 nitrogen and oxygen atoms in total. The van der Waals surface area contributed by atoms with Gasteiger partial charge in [0, 0.05) is 12.6 Å². The summed E-state index contributed by atoms with van der Waals surface area (Å²) in [6.45, 7) is 2.99. The molecule has 0 aliphatic carbocycles. The molecule has 5 heteroatoms. The Labute approximate surface area is 119 Å². The lowest BCUT2D eigenvalue weighted by atomic mass is 10.0. The summed E-state index contributed by atoms with van der Waals surface area (Å²) in [5, 5.41) is 8.03. The number of benzene rings is 1. The van der Waals surface area contributed by atoms with Gasteiger partial charge in [0.2, 0.25) is 0 Å². The zero-order valence-electron chi connectivity index (χ0n) is 12.1. The second kappa shape index (κ2) is 7.05. The van der Waals surface area contributed by atoms with Crippen LogP contribution < -0.4 is 10.5 Å². The highest BCUT2D eigenvalue weighted by Gasteiger charge is 2.12. The Kier molecular flexibility index (Phi) is 5.12. The van der Waals surface area contributed by atoms with Gasteiger partial charge in [-0.05, 0) is 37.0 Å². The number of rotatable bonds is 7. The summed E-state index contributed by atoms with van der Waals surface area (Å²) in [6.07, 6.45) is 4.61. The summed E-state index contributed by atoms with van der Waals surface area (Å²) in [7, 11) is 1.67. The van der Waals surface area contributed by atoms with Gasteiger partial charge in [0.15, 0.2) is 0 Å². The Morgan fingerprint density at radius 2 is 2.05 bits per heavy atom.